The van der Waals surface area contributed by atoms with Crippen LogP contribution in [0, 0.1) is 12.7 Å². The molecule has 3 heterocycles. The van der Waals surface area contributed by atoms with E-state index in [9.17, 15) is 22.4 Å². The normalized spacial score (nSPS) is 14.6. The lowest BCUT2D eigenvalue weighted by atomic mass is 9.89. The number of alkyl halides is 3. The van der Waals surface area contributed by atoms with Crippen LogP contribution in [0.25, 0.3) is 5.65 Å². The van der Waals surface area contributed by atoms with Crippen molar-refractivity contribution < 1.29 is 27.1 Å². The number of piperidine rings is 1. The molecule has 4 aromatic rings. The number of halogens is 4. The average molecular weight is 527 g/mol. The molecule has 0 aliphatic carbocycles. The number of nitrogens with zero attached hydrogens (tertiary/aromatic N) is 3. The zero-order valence-electron chi connectivity index (χ0n) is 20.6. The molecule has 0 spiro atoms. The van der Waals surface area contributed by atoms with Crippen LogP contribution < -0.4 is 15.0 Å². The van der Waals surface area contributed by atoms with Gasteiger partial charge in [-0.1, -0.05) is 24.3 Å². The van der Waals surface area contributed by atoms with E-state index in [1.165, 1.54) is 30.5 Å². The molecular weight excluding hydrogens is 500 g/mol. The Hall–Kier alpha value is -4.08. The van der Waals surface area contributed by atoms with Gasteiger partial charge in [0.15, 0.2) is 0 Å². The molecule has 2 aromatic heterocycles. The van der Waals surface area contributed by atoms with E-state index in [4.69, 9.17) is 0 Å². The van der Waals surface area contributed by atoms with Crippen LogP contribution in [0.5, 0.6) is 5.75 Å². The van der Waals surface area contributed by atoms with Crippen molar-refractivity contribution in [3.8, 4) is 5.75 Å². The van der Waals surface area contributed by atoms with Gasteiger partial charge in [-0.3, -0.25) is 9.20 Å². The van der Waals surface area contributed by atoms with Crippen LogP contribution in [0.3, 0.4) is 0 Å². The van der Waals surface area contributed by atoms with Crippen molar-refractivity contribution in [2.45, 2.75) is 38.6 Å². The lowest BCUT2D eigenvalue weighted by Gasteiger charge is -2.34. The maximum atomic E-state index is 13.5. The molecule has 0 bridgehead atoms. The van der Waals surface area contributed by atoms with Crippen LogP contribution in [-0.4, -0.2) is 34.7 Å². The monoisotopic (exact) mass is 526 g/mol. The van der Waals surface area contributed by atoms with Gasteiger partial charge in [-0.15, -0.1) is 13.2 Å². The van der Waals surface area contributed by atoms with Crippen LogP contribution in [0.4, 0.5) is 23.2 Å². The van der Waals surface area contributed by atoms with E-state index in [0.717, 1.165) is 42.7 Å². The molecule has 38 heavy (non-hydrogen) atoms. The minimum atomic E-state index is -4.69. The number of aromatic nitrogens is 2. The number of benzene rings is 2. The zero-order valence-corrected chi connectivity index (χ0v) is 20.6. The number of amides is 1. The van der Waals surface area contributed by atoms with Crippen molar-refractivity contribution in [2.75, 3.05) is 18.0 Å². The van der Waals surface area contributed by atoms with E-state index in [2.05, 4.69) is 19.9 Å². The summed E-state index contributed by atoms with van der Waals surface area (Å²) in [4.78, 5) is 19.4. The van der Waals surface area contributed by atoms with E-state index >= 15 is 0 Å². The molecule has 6 nitrogen and oxygen atoms in total. The first-order valence-corrected chi connectivity index (χ1v) is 12.3. The molecule has 1 saturated heterocycles. The van der Waals surface area contributed by atoms with Gasteiger partial charge in [0.25, 0.3) is 5.91 Å². The molecule has 2 aromatic carbocycles. The summed E-state index contributed by atoms with van der Waals surface area (Å²) in [6.45, 7) is 3.71. The Labute approximate surface area is 216 Å². The molecule has 1 aliphatic rings. The van der Waals surface area contributed by atoms with E-state index in [1.807, 2.05) is 24.3 Å². The van der Waals surface area contributed by atoms with E-state index in [0.29, 0.717) is 23.6 Å². The number of hydrogen-bond acceptors (Lipinski definition) is 4. The molecule has 1 aliphatic heterocycles. The zero-order chi connectivity index (χ0) is 26.9. The Morgan fingerprint density at radius 1 is 1.05 bits per heavy atom. The van der Waals surface area contributed by atoms with Gasteiger partial charge in [0, 0.05) is 37.6 Å². The summed E-state index contributed by atoms with van der Waals surface area (Å²) in [7, 11) is 0. The minimum absolute atomic E-state index is 0.209. The fraction of sp³-hybridized carbons (Fsp3) is 0.286. The van der Waals surface area contributed by atoms with Gasteiger partial charge in [-0.05, 0) is 67.1 Å². The van der Waals surface area contributed by atoms with Gasteiger partial charge in [0.2, 0.25) is 0 Å². The van der Waals surface area contributed by atoms with E-state index in [1.54, 1.807) is 23.5 Å². The molecule has 10 heteroatoms. The van der Waals surface area contributed by atoms with Crippen LogP contribution >= 0.6 is 0 Å². The number of hydrogen-bond donors (Lipinski definition) is 1. The topological polar surface area (TPSA) is 58.9 Å². The van der Waals surface area contributed by atoms with Gasteiger partial charge in [0.05, 0.1) is 5.69 Å². The van der Waals surface area contributed by atoms with Crippen LogP contribution in [-0.2, 0) is 6.54 Å². The molecule has 1 fully saturated rings. The molecule has 198 valence electrons. The first kappa shape index (κ1) is 25.6. The number of aryl methyl sites for hydroxylation is 1. The highest BCUT2D eigenvalue weighted by atomic mass is 19.4. The van der Waals surface area contributed by atoms with Crippen molar-refractivity contribution >= 4 is 17.2 Å². The van der Waals surface area contributed by atoms with Crippen molar-refractivity contribution in [1.29, 1.82) is 0 Å². The second-order valence-electron chi connectivity index (χ2n) is 9.35. The highest BCUT2D eigenvalue weighted by Crippen LogP contribution is 2.32. The Morgan fingerprint density at radius 3 is 2.39 bits per heavy atom. The number of imidazole rings is 1. The van der Waals surface area contributed by atoms with Crippen LogP contribution in [0.15, 0.2) is 66.9 Å². The summed E-state index contributed by atoms with van der Waals surface area (Å²) < 4.78 is 56.1. The standard InChI is InChI=1S/C28H26F4N4O2/c1-18-26(36-15-12-22(29)16-25(36)34-18)27(37)33-17-19-2-6-23(7-3-19)35-13-10-21(11-14-35)20-4-8-24(9-5-20)38-28(30,31)32/h2-9,12,15-16,21H,10-11,13-14,17H2,1H3,(H,33,37). The van der Waals surface area contributed by atoms with Crippen molar-refractivity contribution in [1.82, 2.24) is 14.7 Å². The first-order chi connectivity index (χ1) is 18.2. The number of nitrogens with one attached hydrogen (secondary N) is 1. The Kier molecular flexibility index (Phi) is 6.96. The SMILES string of the molecule is Cc1nc2cc(F)ccn2c1C(=O)NCc1ccc(N2CCC(c3ccc(OC(F)(F)F)cc3)CC2)cc1. The number of ether oxygens (including phenoxy) is 1. The molecule has 0 atom stereocenters. The summed E-state index contributed by atoms with van der Waals surface area (Å²) in [5, 5.41) is 2.91. The lowest BCUT2D eigenvalue weighted by Crippen LogP contribution is -2.32. The number of rotatable bonds is 6. The fourth-order valence-electron chi connectivity index (χ4n) is 4.91. The second kappa shape index (κ2) is 10.4. The summed E-state index contributed by atoms with van der Waals surface area (Å²) in [5.41, 5.74) is 4.31. The highest BCUT2D eigenvalue weighted by Gasteiger charge is 2.31. The summed E-state index contributed by atoms with van der Waals surface area (Å²) in [5.74, 6) is -0.627. The van der Waals surface area contributed by atoms with E-state index in [-0.39, 0.29) is 17.6 Å². The Bertz CT molecular complexity index is 1420. The van der Waals surface area contributed by atoms with Crippen LogP contribution in [0.2, 0.25) is 0 Å². The van der Waals surface area contributed by atoms with Crippen LogP contribution in [0.1, 0.15) is 46.1 Å². The number of pyridine rings is 1. The minimum Gasteiger partial charge on any atom is -0.406 e. The highest BCUT2D eigenvalue weighted by molar-refractivity contribution is 5.94. The number of anilines is 1. The van der Waals surface area contributed by atoms with Gasteiger partial charge in [0.1, 0.15) is 22.9 Å². The largest absolute Gasteiger partial charge is 0.573 e. The maximum absolute atomic E-state index is 13.5. The molecular formula is C28H26F4N4O2. The molecule has 1 N–H and O–H groups in total. The predicted octanol–water partition coefficient (Wildman–Crippen LogP) is 5.99. The third-order valence-corrected chi connectivity index (χ3v) is 6.81. The lowest BCUT2D eigenvalue weighted by molar-refractivity contribution is -0.274. The Morgan fingerprint density at radius 2 is 1.74 bits per heavy atom. The Balaban J connectivity index is 1.14. The van der Waals surface area contributed by atoms with Gasteiger partial charge < -0.3 is 15.0 Å². The van der Waals surface area contributed by atoms with Gasteiger partial charge in [-0.2, -0.15) is 0 Å². The first-order valence-electron chi connectivity index (χ1n) is 12.3. The fourth-order valence-corrected chi connectivity index (χ4v) is 4.91. The molecule has 1 amide bonds. The third kappa shape index (κ3) is 5.74. The molecule has 0 radical (unpaired) electrons. The van der Waals surface area contributed by atoms with Crippen molar-refractivity contribution in [3.63, 3.8) is 0 Å². The van der Waals surface area contributed by atoms with E-state index < -0.39 is 12.2 Å². The quantitative estimate of drug-likeness (QED) is 0.314. The predicted molar refractivity (Wildman–Crippen MR) is 135 cm³/mol. The molecule has 5 rings (SSSR count). The number of fused-ring (bicyclic) bond motifs is 1. The summed E-state index contributed by atoms with van der Waals surface area (Å²) in [6, 6.07) is 16.7. The summed E-state index contributed by atoms with van der Waals surface area (Å²) in [6.07, 6.45) is -1.42. The molecule has 0 saturated carbocycles. The maximum Gasteiger partial charge on any atom is 0.573 e. The average Bonchev–Trinajstić information content (AvgIpc) is 3.22. The molecule has 0 unspecified atom stereocenters. The van der Waals surface area contributed by atoms with Crippen molar-refractivity contribution in [2.24, 2.45) is 0 Å². The number of carbonyl (C=O) groups excluding carboxylic acids is 1. The number of carbonyl (C=O) groups is 1. The van der Waals surface area contributed by atoms with Gasteiger partial charge >= 0.3 is 6.36 Å². The smallest absolute Gasteiger partial charge is 0.406 e. The second-order valence-corrected chi connectivity index (χ2v) is 9.35. The van der Waals surface area contributed by atoms with Crippen molar-refractivity contribution in [3.05, 3.63) is 95.2 Å². The third-order valence-electron chi connectivity index (χ3n) is 6.81. The summed E-state index contributed by atoms with van der Waals surface area (Å²) >= 11 is 0. The van der Waals surface area contributed by atoms with Gasteiger partial charge in [-0.25, -0.2) is 9.37 Å².